The van der Waals surface area contributed by atoms with Gasteiger partial charge in [-0.05, 0) is 56.0 Å². The van der Waals surface area contributed by atoms with Crippen LogP contribution in [0, 0.1) is 5.92 Å². The molecule has 1 amide bonds. The number of carbonyl (C=O) groups excluding carboxylic acids is 1. The smallest absolute Gasteiger partial charge is 0.227 e. The largest absolute Gasteiger partial charge is 0.382 e. The van der Waals surface area contributed by atoms with Gasteiger partial charge >= 0.3 is 0 Å². The minimum absolute atomic E-state index is 0.243. The lowest BCUT2D eigenvalue weighted by Gasteiger charge is -2.24. The Bertz CT molecular complexity index is 776. The number of likely N-dealkylation sites (tertiary alicyclic amines) is 1. The fraction of sp³-hybridized carbons (Fsp3) is 0.435. The molecule has 0 saturated carbocycles. The number of hydrogen-bond donors (Lipinski definition) is 1. The number of nitrogens with one attached hydrogen (secondary N) is 1. The number of rotatable bonds is 6. The molecule has 2 aliphatic rings. The van der Waals surface area contributed by atoms with Crippen LogP contribution in [0.1, 0.15) is 31.7 Å². The zero-order valence-electron chi connectivity index (χ0n) is 16.1. The average molecular weight is 364 g/mol. The van der Waals surface area contributed by atoms with Gasteiger partial charge in [-0.15, -0.1) is 0 Å². The van der Waals surface area contributed by atoms with Gasteiger partial charge in [0.25, 0.3) is 0 Å². The number of benzene rings is 2. The van der Waals surface area contributed by atoms with Crippen LogP contribution >= 0.6 is 0 Å². The lowest BCUT2D eigenvalue weighted by atomic mass is 10.0. The highest BCUT2D eigenvalue weighted by molar-refractivity contribution is 5.95. The van der Waals surface area contributed by atoms with Crippen molar-refractivity contribution >= 4 is 17.3 Å². The van der Waals surface area contributed by atoms with E-state index in [1.54, 1.807) is 0 Å². The number of amides is 1. The Morgan fingerprint density at radius 1 is 1.11 bits per heavy atom. The third-order valence-corrected chi connectivity index (χ3v) is 5.89. The van der Waals surface area contributed by atoms with Crippen LogP contribution in [0.25, 0.3) is 0 Å². The van der Waals surface area contributed by atoms with Crippen LogP contribution in [0.4, 0.5) is 11.4 Å². The molecule has 27 heavy (non-hydrogen) atoms. The predicted octanol–water partition coefficient (Wildman–Crippen LogP) is 4.14. The summed E-state index contributed by atoms with van der Waals surface area (Å²) in [5.74, 6) is 0.887. The quantitative estimate of drug-likeness (QED) is 0.838. The molecule has 142 valence electrons. The fourth-order valence-electron chi connectivity index (χ4n) is 4.32. The van der Waals surface area contributed by atoms with Crippen LogP contribution in [0.5, 0.6) is 0 Å². The minimum Gasteiger partial charge on any atom is -0.382 e. The average Bonchev–Trinajstić information content (AvgIpc) is 3.32. The van der Waals surface area contributed by atoms with Crippen molar-refractivity contribution in [2.45, 2.75) is 38.8 Å². The summed E-state index contributed by atoms with van der Waals surface area (Å²) in [6.07, 6.45) is 2.87. The summed E-state index contributed by atoms with van der Waals surface area (Å²) in [6.45, 7) is 6.46. The van der Waals surface area contributed by atoms with Crippen LogP contribution in [0.3, 0.4) is 0 Å². The number of nitrogens with zero attached hydrogens (tertiary/aromatic N) is 2. The maximum atomic E-state index is 12.0. The molecular weight excluding hydrogens is 334 g/mol. The van der Waals surface area contributed by atoms with Gasteiger partial charge in [-0.3, -0.25) is 9.69 Å². The predicted molar refractivity (Wildman–Crippen MR) is 111 cm³/mol. The number of carbonyl (C=O) groups is 1. The van der Waals surface area contributed by atoms with E-state index in [9.17, 15) is 4.79 Å². The molecule has 0 aromatic heterocycles. The van der Waals surface area contributed by atoms with Gasteiger partial charge in [0.15, 0.2) is 0 Å². The van der Waals surface area contributed by atoms with E-state index in [0.29, 0.717) is 18.4 Å². The van der Waals surface area contributed by atoms with Gasteiger partial charge in [-0.2, -0.15) is 0 Å². The second kappa shape index (κ2) is 8.13. The fourth-order valence-corrected chi connectivity index (χ4v) is 4.32. The van der Waals surface area contributed by atoms with Crippen LogP contribution in [0.2, 0.25) is 0 Å². The Morgan fingerprint density at radius 2 is 1.96 bits per heavy atom. The van der Waals surface area contributed by atoms with Crippen molar-refractivity contribution in [1.29, 1.82) is 0 Å². The third kappa shape index (κ3) is 4.33. The maximum Gasteiger partial charge on any atom is 0.227 e. The van der Waals surface area contributed by atoms with Crippen LogP contribution < -0.4 is 10.2 Å². The van der Waals surface area contributed by atoms with Gasteiger partial charge in [0.1, 0.15) is 0 Å². The normalized spacial score (nSPS) is 21.6. The Morgan fingerprint density at radius 3 is 2.74 bits per heavy atom. The van der Waals surface area contributed by atoms with E-state index < -0.39 is 0 Å². The molecule has 2 saturated heterocycles. The van der Waals surface area contributed by atoms with Crippen LogP contribution in [-0.4, -0.2) is 36.5 Å². The highest BCUT2D eigenvalue weighted by atomic mass is 16.2. The SMILES string of the molecule is C[C@H](Nc1cccc(N2CCCC2=O)c1)[C@H]1CCN(Cc2ccccc2)C1. The molecule has 4 nitrogen and oxygen atoms in total. The van der Waals surface area contributed by atoms with Crippen molar-refractivity contribution in [1.82, 2.24) is 4.90 Å². The summed E-state index contributed by atoms with van der Waals surface area (Å²) < 4.78 is 0. The molecule has 0 bridgehead atoms. The van der Waals surface area contributed by atoms with E-state index in [1.807, 2.05) is 17.0 Å². The van der Waals surface area contributed by atoms with E-state index in [0.717, 1.165) is 44.0 Å². The van der Waals surface area contributed by atoms with E-state index in [1.165, 1.54) is 12.0 Å². The highest BCUT2D eigenvalue weighted by Gasteiger charge is 2.27. The Labute approximate surface area is 162 Å². The lowest BCUT2D eigenvalue weighted by molar-refractivity contribution is -0.117. The summed E-state index contributed by atoms with van der Waals surface area (Å²) in [4.78, 5) is 16.5. The molecule has 1 N–H and O–H groups in total. The molecular formula is C23H29N3O. The van der Waals surface area contributed by atoms with Gasteiger partial charge < -0.3 is 10.2 Å². The number of hydrogen-bond acceptors (Lipinski definition) is 3. The molecule has 2 heterocycles. The molecule has 0 spiro atoms. The zero-order chi connectivity index (χ0) is 18.6. The maximum absolute atomic E-state index is 12.0. The van der Waals surface area contributed by atoms with Crippen molar-refractivity contribution in [3.63, 3.8) is 0 Å². The third-order valence-electron chi connectivity index (χ3n) is 5.89. The van der Waals surface area contributed by atoms with Crippen molar-refractivity contribution in [3.05, 3.63) is 60.2 Å². The van der Waals surface area contributed by atoms with E-state index >= 15 is 0 Å². The molecule has 2 aromatic rings. The zero-order valence-corrected chi connectivity index (χ0v) is 16.1. The molecule has 0 aliphatic carbocycles. The van der Waals surface area contributed by atoms with E-state index in [-0.39, 0.29) is 5.91 Å². The van der Waals surface area contributed by atoms with E-state index in [4.69, 9.17) is 0 Å². The van der Waals surface area contributed by atoms with Gasteiger partial charge in [0.05, 0.1) is 0 Å². The topological polar surface area (TPSA) is 35.6 Å². The molecule has 4 heteroatoms. The minimum atomic E-state index is 0.243. The lowest BCUT2D eigenvalue weighted by Crippen LogP contribution is -2.29. The van der Waals surface area contributed by atoms with Crippen molar-refractivity contribution in [2.75, 3.05) is 29.9 Å². The first kappa shape index (κ1) is 18.1. The summed E-state index contributed by atoms with van der Waals surface area (Å²) in [5, 5.41) is 3.68. The monoisotopic (exact) mass is 363 g/mol. The first-order chi connectivity index (χ1) is 13.2. The molecule has 2 aromatic carbocycles. The van der Waals surface area contributed by atoms with Gasteiger partial charge in [-0.25, -0.2) is 0 Å². The summed E-state index contributed by atoms with van der Waals surface area (Å²) in [7, 11) is 0. The highest BCUT2D eigenvalue weighted by Crippen LogP contribution is 2.27. The molecule has 2 atom stereocenters. The first-order valence-electron chi connectivity index (χ1n) is 10.1. The Balaban J connectivity index is 1.34. The summed E-state index contributed by atoms with van der Waals surface area (Å²) in [6, 6.07) is 19.5. The summed E-state index contributed by atoms with van der Waals surface area (Å²) in [5.41, 5.74) is 3.52. The second-order valence-corrected chi connectivity index (χ2v) is 7.90. The van der Waals surface area contributed by atoms with Crippen molar-refractivity contribution in [2.24, 2.45) is 5.92 Å². The molecule has 2 aliphatic heterocycles. The molecule has 4 rings (SSSR count). The van der Waals surface area contributed by atoms with Crippen molar-refractivity contribution in [3.8, 4) is 0 Å². The molecule has 2 fully saturated rings. The Hall–Kier alpha value is -2.33. The second-order valence-electron chi connectivity index (χ2n) is 7.90. The van der Waals surface area contributed by atoms with Gasteiger partial charge in [-0.1, -0.05) is 36.4 Å². The first-order valence-corrected chi connectivity index (χ1v) is 10.1. The number of anilines is 2. The molecule has 0 unspecified atom stereocenters. The van der Waals surface area contributed by atoms with Gasteiger partial charge in [0.2, 0.25) is 5.91 Å². The molecule has 0 radical (unpaired) electrons. The van der Waals surface area contributed by atoms with Crippen LogP contribution in [0.15, 0.2) is 54.6 Å². The van der Waals surface area contributed by atoms with E-state index in [2.05, 4.69) is 59.6 Å². The van der Waals surface area contributed by atoms with Gasteiger partial charge in [0, 0.05) is 43.5 Å². The standard InChI is InChI=1S/C23H29N3O/c1-18(20-12-14-25(17-20)16-19-7-3-2-4-8-19)24-21-9-5-10-22(15-21)26-13-6-11-23(26)27/h2-5,7-10,15,18,20,24H,6,11-14,16-17H2,1H3/t18-,20-/m0/s1. The summed E-state index contributed by atoms with van der Waals surface area (Å²) >= 11 is 0. The van der Waals surface area contributed by atoms with Crippen LogP contribution in [-0.2, 0) is 11.3 Å². The Kier molecular flexibility index (Phi) is 5.44. The van der Waals surface area contributed by atoms with Crippen molar-refractivity contribution < 1.29 is 4.79 Å².